The first-order valence-electron chi connectivity index (χ1n) is 14.2. The molecule has 2 fully saturated rings. The third-order valence-electron chi connectivity index (χ3n) is 7.60. The number of rotatable bonds is 6. The summed E-state index contributed by atoms with van der Waals surface area (Å²) in [5.74, 6) is -0.627. The Morgan fingerprint density at radius 3 is 2.49 bits per heavy atom. The summed E-state index contributed by atoms with van der Waals surface area (Å²) in [4.78, 5) is 23.7. The van der Waals surface area contributed by atoms with Gasteiger partial charge in [0, 0.05) is 18.8 Å². The molecule has 3 unspecified atom stereocenters. The molecule has 3 aliphatic heterocycles. The molecule has 0 radical (unpaired) electrons. The highest BCUT2D eigenvalue weighted by Crippen LogP contribution is 2.33. The third-order valence-corrected chi connectivity index (χ3v) is 7.60. The van der Waals surface area contributed by atoms with E-state index in [9.17, 15) is 9.59 Å². The number of cyclic esters (lactones) is 1. The molecule has 0 saturated carbocycles. The number of hydrogen-bond acceptors (Lipinski definition) is 5. The first kappa shape index (κ1) is 29.4. The van der Waals surface area contributed by atoms with Crippen LogP contribution >= 0.6 is 0 Å². The van der Waals surface area contributed by atoms with Crippen LogP contribution in [0.4, 0.5) is 0 Å². The van der Waals surface area contributed by atoms with Crippen LogP contribution in [0, 0.1) is 11.8 Å². The van der Waals surface area contributed by atoms with Gasteiger partial charge in [0.2, 0.25) is 0 Å². The number of fused-ring (bicyclic) bond motifs is 4. The molecule has 206 valence electrons. The summed E-state index contributed by atoms with van der Waals surface area (Å²) >= 11 is 0. The molecular weight excluding hydrogens is 468 g/mol. The van der Waals surface area contributed by atoms with E-state index in [1.54, 1.807) is 0 Å². The molecular formula is C31H46O6. The van der Waals surface area contributed by atoms with Gasteiger partial charge in [0.1, 0.15) is 6.10 Å². The second kappa shape index (κ2) is 15.3. The van der Waals surface area contributed by atoms with Crippen LogP contribution in [0.3, 0.4) is 0 Å². The monoisotopic (exact) mass is 514 g/mol. The second-order valence-electron chi connectivity index (χ2n) is 11.0. The first-order valence-corrected chi connectivity index (χ1v) is 14.2. The van der Waals surface area contributed by atoms with Gasteiger partial charge in [-0.2, -0.15) is 0 Å². The van der Waals surface area contributed by atoms with E-state index in [4.69, 9.17) is 19.3 Å². The number of hydrogen-bond donors (Lipinski definition) is 1. The number of aliphatic carboxylic acids is 1. The molecule has 4 bridgehead atoms. The zero-order valence-electron chi connectivity index (χ0n) is 22.8. The molecule has 2 saturated heterocycles. The van der Waals surface area contributed by atoms with E-state index in [1.165, 1.54) is 12.0 Å². The topological polar surface area (TPSA) is 82.1 Å². The molecule has 7 atom stereocenters. The van der Waals surface area contributed by atoms with Crippen molar-refractivity contribution in [1.82, 2.24) is 0 Å². The minimum absolute atomic E-state index is 0.0158. The molecule has 3 aliphatic rings. The van der Waals surface area contributed by atoms with E-state index >= 15 is 0 Å². The van der Waals surface area contributed by atoms with Gasteiger partial charge in [-0.05, 0) is 70.3 Å². The lowest BCUT2D eigenvalue weighted by Gasteiger charge is -2.37. The van der Waals surface area contributed by atoms with Crippen LogP contribution in [0.5, 0.6) is 0 Å². The van der Waals surface area contributed by atoms with Crippen molar-refractivity contribution in [3.05, 3.63) is 48.1 Å². The van der Waals surface area contributed by atoms with Crippen molar-refractivity contribution in [2.75, 3.05) is 0 Å². The van der Waals surface area contributed by atoms with Crippen molar-refractivity contribution in [3.8, 4) is 0 Å². The summed E-state index contributed by atoms with van der Waals surface area (Å²) < 4.78 is 18.9. The summed E-state index contributed by atoms with van der Waals surface area (Å²) in [6, 6.07) is 0. The Hall–Kier alpha value is -2.18. The average Bonchev–Trinajstić information content (AvgIpc) is 2.85. The summed E-state index contributed by atoms with van der Waals surface area (Å²) in [6.45, 7) is 6.37. The van der Waals surface area contributed by atoms with Crippen LogP contribution in [0.2, 0.25) is 0 Å². The first-order chi connectivity index (χ1) is 17.8. The Morgan fingerprint density at radius 2 is 1.73 bits per heavy atom. The van der Waals surface area contributed by atoms with Crippen LogP contribution in [0.25, 0.3) is 0 Å². The lowest BCUT2D eigenvalue weighted by molar-refractivity contribution is -0.154. The van der Waals surface area contributed by atoms with Gasteiger partial charge in [-0.15, -0.1) is 0 Å². The molecule has 0 spiro atoms. The number of unbranched alkanes of at least 4 members (excludes halogenated alkanes) is 1. The molecule has 0 aromatic rings. The largest absolute Gasteiger partial charge is 0.481 e. The zero-order chi connectivity index (χ0) is 26.6. The van der Waals surface area contributed by atoms with Gasteiger partial charge >= 0.3 is 11.9 Å². The van der Waals surface area contributed by atoms with Crippen molar-refractivity contribution in [2.24, 2.45) is 11.8 Å². The summed E-state index contributed by atoms with van der Waals surface area (Å²) in [5, 5.41) is 8.77. The fraction of sp³-hybridized carbons (Fsp3) is 0.677. The maximum absolute atomic E-state index is 13.0. The van der Waals surface area contributed by atoms with Crippen LogP contribution in [-0.2, 0) is 23.8 Å². The molecule has 6 heteroatoms. The van der Waals surface area contributed by atoms with Crippen molar-refractivity contribution < 1.29 is 28.9 Å². The molecule has 37 heavy (non-hydrogen) atoms. The fourth-order valence-electron chi connectivity index (χ4n) is 5.55. The lowest BCUT2D eigenvalue weighted by atomic mass is 9.90. The zero-order valence-corrected chi connectivity index (χ0v) is 22.8. The molecule has 3 heterocycles. The van der Waals surface area contributed by atoms with Gasteiger partial charge in [0.25, 0.3) is 0 Å². The number of ether oxygens (including phenoxy) is 3. The van der Waals surface area contributed by atoms with Gasteiger partial charge < -0.3 is 19.3 Å². The van der Waals surface area contributed by atoms with E-state index in [1.807, 2.05) is 24.3 Å². The predicted molar refractivity (Wildman–Crippen MR) is 145 cm³/mol. The average molecular weight is 515 g/mol. The van der Waals surface area contributed by atoms with Gasteiger partial charge in [-0.25, -0.2) is 0 Å². The maximum atomic E-state index is 13.0. The summed E-state index contributed by atoms with van der Waals surface area (Å²) in [7, 11) is 0. The minimum atomic E-state index is -0.776. The van der Waals surface area contributed by atoms with Gasteiger partial charge in [-0.1, -0.05) is 55.9 Å². The third kappa shape index (κ3) is 10.6. The quantitative estimate of drug-likeness (QED) is 0.184. The Morgan fingerprint density at radius 1 is 1.00 bits per heavy atom. The number of carbonyl (C=O) groups is 2. The molecule has 3 rings (SSSR count). The van der Waals surface area contributed by atoms with E-state index < -0.39 is 5.97 Å². The van der Waals surface area contributed by atoms with E-state index in [-0.39, 0.29) is 55.2 Å². The highest BCUT2D eigenvalue weighted by molar-refractivity contribution is 5.70. The van der Waals surface area contributed by atoms with E-state index in [0.717, 1.165) is 38.5 Å². The Bertz CT molecular complexity index is 856. The smallest absolute Gasteiger partial charge is 0.309 e. The van der Waals surface area contributed by atoms with Crippen molar-refractivity contribution in [2.45, 2.75) is 122 Å². The highest BCUT2D eigenvalue weighted by atomic mass is 16.5. The number of carbonyl (C=O) groups excluding carboxylic acids is 1. The summed E-state index contributed by atoms with van der Waals surface area (Å²) in [5.41, 5.74) is 1.34. The van der Waals surface area contributed by atoms with Crippen LogP contribution < -0.4 is 0 Å². The number of esters is 1. The Labute approximate surface area is 222 Å². The van der Waals surface area contributed by atoms with Crippen LogP contribution in [0.1, 0.15) is 91.4 Å². The molecule has 1 N–H and O–H groups in total. The van der Waals surface area contributed by atoms with Crippen molar-refractivity contribution in [3.63, 3.8) is 0 Å². The standard InChI is InChI=1S/C31H46O6/c1-4-24-18-27-20-26-12-10-11-25(35-26)17-22(2)15-16-23(3)29(37-31(34)21-28(19-24)36-27)13-8-6-5-7-9-14-30(32)33/h4-6,8,13,15-16,22-23,25-29H,7,9-12,14,17-21H2,1-3H3,(H,32,33)/t22-,23-,25+,26?,27+,28?,29?/m0/s1. The highest BCUT2D eigenvalue weighted by Gasteiger charge is 2.32. The predicted octanol–water partition coefficient (Wildman–Crippen LogP) is 6.71. The van der Waals surface area contributed by atoms with Crippen molar-refractivity contribution in [1.29, 1.82) is 0 Å². The normalized spacial score (nSPS) is 35.2. The maximum Gasteiger partial charge on any atom is 0.309 e. The SMILES string of the molecule is CC=C1CC2CC(=O)OC(C=CC=CCCCC(=O)O)[C@@H](C)C=C[C@H](C)C[C@H]3CCCC(C[C@@H](C1)O2)O3. The second-order valence-corrected chi connectivity index (χ2v) is 11.0. The molecule has 6 nitrogen and oxygen atoms in total. The number of carboxylic acid groups (broad SMARTS) is 1. The van der Waals surface area contributed by atoms with E-state index in [2.05, 4.69) is 39.0 Å². The van der Waals surface area contributed by atoms with Crippen molar-refractivity contribution >= 4 is 11.9 Å². The molecule has 0 aromatic heterocycles. The Kier molecular flexibility index (Phi) is 12.1. The van der Waals surface area contributed by atoms with E-state index in [0.29, 0.717) is 18.8 Å². The fourth-order valence-corrected chi connectivity index (χ4v) is 5.55. The lowest BCUT2D eigenvalue weighted by Crippen LogP contribution is -2.37. The number of carboxylic acids is 1. The summed E-state index contributed by atoms with van der Waals surface area (Å²) in [6.07, 6.45) is 22.9. The minimum Gasteiger partial charge on any atom is -0.481 e. The van der Waals surface area contributed by atoms with Gasteiger partial charge in [0.15, 0.2) is 0 Å². The van der Waals surface area contributed by atoms with Gasteiger partial charge in [-0.3, -0.25) is 9.59 Å². The molecule has 0 aromatic carbocycles. The van der Waals surface area contributed by atoms with Crippen LogP contribution in [-0.4, -0.2) is 47.6 Å². The van der Waals surface area contributed by atoms with Gasteiger partial charge in [0.05, 0.1) is 30.8 Å². The Balaban J connectivity index is 1.73. The van der Waals surface area contributed by atoms with Crippen LogP contribution in [0.15, 0.2) is 48.1 Å². The molecule has 0 aliphatic carbocycles. The molecule has 0 amide bonds. The number of allylic oxidation sites excluding steroid dienone is 5.